The monoisotopic (exact) mass is 544 g/mol. The summed E-state index contributed by atoms with van der Waals surface area (Å²) >= 11 is 3.51. The van der Waals surface area contributed by atoms with Gasteiger partial charge in [0.05, 0.1) is 27.4 Å². The molecule has 2 aliphatic heterocycles. The lowest BCUT2D eigenvalue weighted by Crippen LogP contribution is -2.70. The van der Waals surface area contributed by atoms with E-state index < -0.39 is 35.2 Å². The molecule has 1 aromatic carbocycles. The molecule has 0 unspecified atom stereocenters. The van der Waals surface area contributed by atoms with Crippen molar-refractivity contribution < 1.29 is 29.0 Å². The number of β-lactam (4-membered cyclic amide) rings is 1. The van der Waals surface area contributed by atoms with Crippen molar-refractivity contribution in [3.05, 3.63) is 51.4 Å². The number of hydrogen-bond acceptors (Lipinski definition) is 10. The van der Waals surface area contributed by atoms with Crippen LogP contribution in [0.2, 0.25) is 0 Å². The first-order valence-electron chi connectivity index (χ1n) is 10.4. The Morgan fingerprint density at radius 1 is 1.25 bits per heavy atom. The molecule has 0 spiro atoms. The molecule has 1 aromatic rings. The van der Waals surface area contributed by atoms with E-state index in [1.54, 1.807) is 24.3 Å². The highest BCUT2D eigenvalue weighted by molar-refractivity contribution is 8.22. The third-order valence-corrected chi connectivity index (χ3v) is 8.66. The molecule has 1 fully saturated rings. The summed E-state index contributed by atoms with van der Waals surface area (Å²) in [4.78, 5) is 49.4. The number of carboxylic acids is 1. The maximum atomic E-state index is 12.7. The molecular formula is C23H20N4O6S3. The van der Waals surface area contributed by atoms with Crippen LogP contribution in [0.3, 0.4) is 0 Å². The standard InChI is InChI=1S/C23H20N4O6S3/c1-13(28)33-10-15-11-35-21-18(20(30)27(21)19(15)22(31)32)26-17(29)12-36-23(34-8-7-24)16(9-25)14-5-3-2-4-6-14/h2-6,18,21H,8,10-12H2,1H3,(H,26,29)(H,31,32)/t18-,21-/m1/s1. The number of amides is 2. The number of benzene rings is 1. The largest absolute Gasteiger partial charge is 0.477 e. The Hall–Kier alpha value is -3.39. The zero-order valence-electron chi connectivity index (χ0n) is 18.9. The first-order valence-corrected chi connectivity index (χ1v) is 13.5. The van der Waals surface area contributed by atoms with Crippen LogP contribution in [-0.2, 0) is 23.9 Å². The van der Waals surface area contributed by atoms with Gasteiger partial charge in [-0.15, -0.1) is 35.3 Å². The Kier molecular flexibility index (Phi) is 9.47. The highest BCUT2D eigenvalue weighted by atomic mass is 32.2. The van der Waals surface area contributed by atoms with Crippen LogP contribution in [-0.4, -0.2) is 69.0 Å². The van der Waals surface area contributed by atoms with Crippen LogP contribution in [0.15, 0.2) is 45.8 Å². The van der Waals surface area contributed by atoms with E-state index in [4.69, 9.17) is 10.00 Å². The van der Waals surface area contributed by atoms with E-state index in [-0.39, 0.29) is 29.6 Å². The summed E-state index contributed by atoms with van der Waals surface area (Å²) in [5, 5.41) is 30.3. The summed E-state index contributed by atoms with van der Waals surface area (Å²) < 4.78 is 5.42. The van der Waals surface area contributed by atoms with Gasteiger partial charge in [-0.3, -0.25) is 19.3 Å². The fraction of sp³-hybridized carbons (Fsp3) is 0.304. The Labute approximate surface area is 219 Å². The van der Waals surface area contributed by atoms with Gasteiger partial charge in [0, 0.05) is 18.2 Å². The molecule has 36 heavy (non-hydrogen) atoms. The molecule has 1 saturated heterocycles. The van der Waals surface area contributed by atoms with Crippen LogP contribution in [0.25, 0.3) is 5.57 Å². The second-order valence-electron chi connectivity index (χ2n) is 7.37. The third-order valence-electron chi connectivity index (χ3n) is 5.00. The van der Waals surface area contributed by atoms with Crippen molar-refractivity contribution in [1.29, 1.82) is 10.5 Å². The second kappa shape index (κ2) is 12.5. The molecule has 0 saturated carbocycles. The van der Waals surface area contributed by atoms with E-state index in [0.717, 1.165) is 28.4 Å². The quantitative estimate of drug-likeness (QED) is 0.252. The number of thioether (sulfide) groups is 3. The molecule has 186 valence electrons. The molecule has 0 bridgehead atoms. The van der Waals surface area contributed by atoms with E-state index in [9.17, 15) is 29.5 Å². The number of nitriles is 2. The van der Waals surface area contributed by atoms with Crippen molar-refractivity contribution in [2.45, 2.75) is 18.3 Å². The maximum Gasteiger partial charge on any atom is 0.352 e. The van der Waals surface area contributed by atoms with Crippen LogP contribution >= 0.6 is 35.3 Å². The second-order valence-corrected chi connectivity index (χ2v) is 10.7. The van der Waals surface area contributed by atoms with E-state index in [1.165, 1.54) is 18.7 Å². The lowest BCUT2D eigenvalue weighted by atomic mass is 10.0. The number of allylic oxidation sites excluding steroid dienone is 1. The normalized spacial score (nSPS) is 19.2. The average Bonchev–Trinajstić information content (AvgIpc) is 2.87. The van der Waals surface area contributed by atoms with Crippen molar-refractivity contribution in [2.75, 3.05) is 23.9 Å². The molecule has 13 heteroatoms. The zero-order chi connectivity index (χ0) is 26.2. The van der Waals surface area contributed by atoms with Crippen LogP contribution in [0.4, 0.5) is 0 Å². The van der Waals surface area contributed by atoms with Crippen molar-refractivity contribution in [3.8, 4) is 12.1 Å². The Bertz CT molecular complexity index is 1220. The highest BCUT2D eigenvalue weighted by Gasteiger charge is 2.54. The van der Waals surface area contributed by atoms with Crippen LogP contribution < -0.4 is 5.32 Å². The number of ether oxygens (including phenoxy) is 1. The van der Waals surface area contributed by atoms with Gasteiger partial charge in [0.15, 0.2) is 0 Å². The molecule has 2 aliphatic rings. The minimum Gasteiger partial charge on any atom is -0.477 e. The summed E-state index contributed by atoms with van der Waals surface area (Å²) in [5.74, 6) is -2.70. The summed E-state index contributed by atoms with van der Waals surface area (Å²) in [6.45, 7) is 0.975. The van der Waals surface area contributed by atoms with Crippen molar-refractivity contribution in [3.63, 3.8) is 0 Å². The number of carbonyl (C=O) groups is 4. The van der Waals surface area contributed by atoms with Crippen LogP contribution in [0.1, 0.15) is 12.5 Å². The first kappa shape index (κ1) is 27.2. The van der Waals surface area contributed by atoms with Crippen LogP contribution in [0, 0.1) is 22.7 Å². The summed E-state index contributed by atoms with van der Waals surface area (Å²) in [6.07, 6.45) is 0. The molecule has 0 radical (unpaired) electrons. The summed E-state index contributed by atoms with van der Waals surface area (Å²) in [7, 11) is 0. The van der Waals surface area contributed by atoms with Crippen molar-refractivity contribution in [2.24, 2.45) is 0 Å². The molecule has 2 amide bonds. The lowest BCUT2D eigenvalue weighted by Gasteiger charge is -2.49. The van der Waals surface area contributed by atoms with E-state index in [0.29, 0.717) is 20.9 Å². The van der Waals surface area contributed by atoms with Gasteiger partial charge in [0.25, 0.3) is 5.91 Å². The lowest BCUT2D eigenvalue weighted by molar-refractivity contribution is -0.150. The fourth-order valence-electron chi connectivity index (χ4n) is 3.45. The van der Waals surface area contributed by atoms with Gasteiger partial charge in [0.2, 0.25) is 5.91 Å². The van der Waals surface area contributed by atoms with Gasteiger partial charge in [-0.05, 0) is 5.56 Å². The Balaban J connectivity index is 1.68. The minimum absolute atomic E-state index is 0.0940. The number of nitrogens with zero attached hydrogens (tertiary/aromatic N) is 3. The van der Waals surface area contributed by atoms with Gasteiger partial charge >= 0.3 is 11.9 Å². The average molecular weight is 545 g/mol. The number of hydrogen-bond donors (Lipinski definition) is 2. The number of rotatable bonds is 10. The molecule has 2 atom stereocenters. The van der Waals surface area contributed by atoms with Crippen molar-refractivity contribution in [1.82, 2.24) is 10.2 Å². The number of nitrogens with one attached hydrogen (secondary N) is 1. The van der Waals surface area contributed by atoms with Gasteiger partial charge in [-0.25, -0.2) is 4.79 Å². The predicted octanol–water partition coefficient (Wildman–Crippen LogP) is 2.17. The van der Waals surface area contributed by atoms with E-state index in [2.05, 4.69) is 11.4 Å². The predicted molar refractivity (Wildman–Crippen MR) is 136 cm³/mol. The van der Waals surface area contributed by atoms with E-state index >= 15 is 0 Å². The molecular weight excluding hydrogens is 524 g/mol. The molecule has 3 rings (SSSR count). The Morgan fingerprint density at radius 2 is 1.97 bits per heavy atom. The number of carbonyl (C=O) groups excluding carboxylic acids is 3. The number of esters is 1. The SMILES string of the molecule is CC(=O)OCC1=C(C(=O)O)N2C(=O)[C@@H](NC(=O)CSC(SCC#N)=C(C#N)c3ccccc3)[C@H]2SC1. The number of aliphatic carboxylic acids is 1. The van der Waals surface area contributed by atoms with Gasteiger partial charge in [-0.2, -0.15) is 10.5 Å². The van der Waals surface area contributed by atoms with E-state index in [1.807, 2.05) is 12.1 Å². The third kappa shape index (κ3) is 6.23. The summed E-state index contributed by atoms with van der Waals surface area (Å²) in [6, 6.07) is 12.1. The van der Waals surface area contributed by atoms with Crippen LogP contribution in [0.5, 0.6) is 0 Å². The number of fused-ring (bicyclic) bond motifs is 1. The molecule has 0 aliphatic carbocycles. The minimum atomic E-state index is -1.31. The molecule has 2 heterocycles. The Morgan fingerprint density at radius 3 is 2.58 bits per heavy atom. The number of carboxylic acid groups (broad SMARTS) is 1. The highest BCUT2D eigenvalue weighted by Crippen LogP contribution is 2.41. The fourth-order valence-corrected chi connectivity index (χ4v) is 6.62. The molecule has 2 N–H and O–H groups in total. The van der Waals surface area contributed by atoms with Gasteiger partial charge < -0.3 is 15.2 Å². The topological polar surface area (TPSA) is 161 Å². The van der Waals surface area contributed by atoms with Crippen molar-refractivity contribution >= 4 is 64.6 Å². The zero-order valence-corrected chi connectivity index (χ0v) is 21.4. The molecule has 0 aromatic heterocycles. The molecule has 10 nitrogen and oxygen atoms in total. The maximum absolute atomic E-state index is 12.7. The smallest absolute Gasteiger partial charge is 0.352 e. The summed E-state index contributed by atoms with van der Waals surface area (Å²) in [5.41, 5.74) is 1.08. The van der Waals surface area contributed by atoms with Gasteiger partial charge in [-0.1, -0.05) is 30.3 Å². The van der Waals surface area contributed by atoms with Gasteiger partial charge in [0.1, 0.15) is 29.8 Å². The first-order chi connectivity index (χ1) is 17.3.